The van der Waals surface area contributed by atoms with Gasteiger partial charge < -0.3 is 5.32 Å². The van der Waals surface area contributed by atoms with Crippen LogP contribution in [0.15, 0.2) is 12.4 Å². The summed E-state index contributed by atoms with van der Waals surface area (Å²) in [5.74, 6) is 0. The molecule has 1 aliphatic carbocycles. The van der Waals surface area contributed by atoms with Crippen LogP contribution in [-0.4, -0.2) is 40.5 Å². The Hall–Kier alpha value is -1.00. The molecule has 0 bridgehead atoms. The van der Waals surface area contributed by atoms with Crippen LogP contribution in [0.4, 0.5) is 0 Å². The number of nitrogens with one attached hydrogen (secondary N) is 1. The molecular weight excluding hydrogens is 224 g/mol. The van der Waals surface area contributed by atoms with Gasteiger partial charge in [0.05, 0.1) is 11.4 Å². The lowest BCUT2D eigenvalue weighted by molar-refractivity contribution is 0.236. The van der Waals surface area contributed by atoms with E-state index in [1.807, 2.05) is 6.92 Å². The molecule has 18 heavy (non-hydrogen) atoms. The topological polar surface area (TPSA) is 41.1 Å². The maximum absolute atomic E-state index is 4.41. The first-order chi connectivity index (χ1) is 8.59. The van der Waals surface area contributed by atoms with Crippen LogP contribution < -0.4 is 5.32 Å². The summed E-state index contributed by atoms with van der Waals surface area (Å²) in [6, 6.07) is 1.64. The minimum Gasteiger partial charge on any atom is -0.307 e. The average Bonchev–Trinajstić information content (AvgIpc) is 3.19. The van der Waals surface area contributed by atoms with E-state index in [-0.39, 0.29) is 6.04 Å². The summed E-state index contributed by atoms with van der Waals surface area (Å²) in [5.41, 5.74) is 2.07. The van der Waals surface area contributed by atoms with Gasteiger partial charge in [-0.2, -0.15) is 0 Å². The third-order valence-corrected chi connectivity index (χ3v) is 3.87. The molecule has 2 unspecified atom stereocenters. The number of nitrogens with zero attached hydrogens (tertiary/aromatic N) is 3. The lowest BCUT2D eigenvalue weighted by Crippen LogP contribution is -2.40. The van der Waals surface area contributed by atoms with Gasteiger partial charge >= 0.3 is 0 Å². The Morgan fingerprint density at radius 2 is 2.00 bits per heavy atom. The second-order valence-corrected chi connectivity index (χ2v) is 5.40. The van der Waals surface area contributed by atoms with Gasteiger partial charge in [0.2, 0.25) is 0 Å². The zero-order valence-corrected chi connectivity index (χ0v) is 11.8. The fourth-order valence-electron chi connectivity index (χ4n) is 2.27. The third-order valence-electron chi connectivity index (χ3n) is 3.87. The van der Waals surface area contributed by atoms with Gasteiger partial charge in [0.15, 0.2) is 0 Å². The first-order valence-electron chi connectivity index (χ1n) is 6.82. The number of rotatable bonds is 6. The molecule has 0 aromatic carbocycles. The molecule has 1 aromatic heterocycles. The molecule has 100 valence electrons. The van der Waals surface area contributed by atoms with Crippen molar-refractivity contribution in [3.63, 3.8) is 0 Å². The molecule has 2 atom stereocenters. The SMILES string of the molecule is Cc1nccnc1C(C)NCC(C)N(C)C1CC1. The Bertz CT molecular complexity index is 389. The van der Waals surface area contributed by atoms with Crippen molar-refractivity contribution >= 4 is 0 Å². The summed E-state index contributed by atoms with van der Waals surface area (Å²) in [7, 11) is 2.22. The fraction of sp³-hybridized carbons (Fsp3) is 0.714. The van der Waals surface area contributed by atoms with E-state index in [2.05, 4.69) is 41.1 Å². The van der Waals surface area contributed by atoms with Crippen LogP contribution in [-0.2, 0) is 0 Å². The zero-order valence-electron chi connectivity index (χ0n) is 11.8. The van der Waals surface area contributed by atoms with Crippen molar-refractivity contribution in [1.82, 2.24) is 20.2 Å². The Kier molecular flexibility index (Phi) is 4.30. The van der Waals surface area contributed by atoms with Crippen molar-refractivity contribution in [2.75, 3.05) is 13.6 Å². The van der Waals surface area contributed by atoms with E-state index in [1.165, 1.54) is 12.8 Å². The molecule has 1 N–H and O–H groups in total. The van der Waals surface area contributed by atoms with Gasteiger partial charge in [-0.15, -0.1) is 0 Å². The first kappa shape index (κ1) is 13.4. The fourth-order valence-corrected chi connectivity index (χ4v) is 2.27. The molecule has 1 heterocycles. The first-order valence-corrected chi connectivity index (χ1v) is 6.82. The smallest absolute Gasteiger partial charge is 0.0782 e. The highest BCUT2D eigenvalue weighted by atomic mass is 15.2. The number of aryl methyl sites for hydroxylation is 1. The summed E-state index contributed by atoms with van der Waals surface area (Å²) >= 11 is 0. The van der Waals surface area contributed by atoms with Gasteiger partial charge in [-0.1, -0.05) is 0 Å². The zero-order chi connectivity index (χ0) is 13.1. The largest absolute Gasteiger partial charge is 0.307 e. The standard InChI is InChI=1S/C14H24N4/c1-10(18(4)13-5-6-13)9-17-12(3)14-11(2)15-7-8-16-14/h7-8,10,12-13,17H,5-6,9H2,1-4H3. The van der Waals surface area contributed by atoms with Crippen molar-refractivity contribution in [2.24, 2.45) is 0 Å². The molecule has 1 aliphatic rings. The molecule has 1 fully saturated rings. The van der Waals surface area contributed by atoms with E-state index in [1.54, 1.807) is 12.4 Å². The van der Waals surface area contributed by atoms with E-state index < -0.39 is 0 Å². The maximum atomic E-state index is 4.41. The Morgan fingerprint density at radius 1 is 1.33 bits per heavy atom. The lowest BCUT2D eigenvalue weighted by Gasteiger charge is -2.26. The van der Waals surface area contributed by atoms with Crippen LogP contribution in [0.5, 0.6) is 0 Å². The molecule has 0 saturated heterocycles. The van der Waals surface area contributed by atoms with Gasteiger partial charge in [-0.25, -0.2) is 0 Å². The minimum absolute atomic E-state index is 0.258. The molecular formula is C14H24N4. The maximum Gasteiger partial charge on any atom is 0.0782 e. The molecule has 0 spiro atoms. The predicted octanol–water partition coefficient (Wildman–Crippen LogP) is 1.92. The normalized spacial score (nSPS) is 18.9. The Balaban J connectivity index is 1.84. The summed E-state index contributed by atoms with van der Waals surface area (Å²) in [6.07, 6.45) is 6.23. The number of likely N-dealkylation sites (N-methyl/N-ethyl adjacent to an activating group) is 1. The highest BCUT2D eigenvalue weighted by Crippen LogP contribution is 2.26. The molecule has 4 heteroatoms. The lowest BCUT2D eigenvalue weighted by atomic mass is 10.1. The number of hydrogen-bond donors (Lipinski definition) is 1. The third kappa shape index (κ3) is 3.27. The number of aromatic nitrogens is 2. The molecule has 0 aliphatic heterocycles. The van der Waals surface area contributed by atoms with Gasteiger partial charge in [0.25, 0.3) is 0 Å². The van der Waals surface area contributed by atoms with E-state index in [0.29, 0.717) is 6.04 Å². The van der Waals surface area contributed by atoms with E-state index in [0.717, 1.165) is 24.0 Å². The van der Waals surface area contributed by atoms with Gasteiger partial charge in [-0.05, 0) is 40.7 Å². The monoisotopic (exact) mass is 248 g/mol. The molecule has 4 nitrogen and oxygen atoms in total. The van der Waals surface area contributed by atoms with Gasteiger partial charge in [0, 0.05) is 37.1 Å². The molecule has 1 aromatic rings. The van der Waals surface area contributed by atoms with E-state index in [4.69, 9.17) is 0 Å². The van der Waals surface area contributed by atoms with Crippen molar-refractivity contribution in [3.05, 3.63) is 23.8 Å². The molecule has 0 amide bonds. The summed E-state index contributed by atoms with van der Waals surface area (Å²) in [6.45, 7) is 7.44. The predicted molar refractivity (Wildman–Crippen MR) is 73.4 cm³/mol. The van der Waals surface area contributed by atoms with Gasteiger partial charge in [-0.3, -0.25) is 14.9 Å². The van der Waals surface area contributed by atoms with Crippen LogP contribution in [0.2, 0.25) is 0 Å². The van der Waals surface area contributed by atoms with Crippen LogP contribution in [0.25, 0.3) is 0 Å². The second kappa shape index (κ2) is 5.76. The highest BCUT2D eigenvalue weighted by molar-refractivity contribution is 5.12. The van der Waals surface area contributed by atoms with Crippen molar-refractivity contribution in [2.45, 2.75) is 51.7 Å². The number of hydrogen-bond acceptors (Lipinski definition) is 4. The quantitative estimate of drug-likeness (QED) is 0.835. The van der Waals surface area contributed by atoms with E-state index >= 15 is 0 Å². The molecule has 1 saturated carbocycles. The van der Waals surface area contributed by atoms with Crippen molar-refractivity contribution in [3.8, 4) is 0 Å². The van der Waals surface area contributed by atoms with Gasteiger partial charge in [0.1, 0.15) is 0 Å². The molecule has 0 radical (unpaired) electrons. The Morgan fingerprint density at radius 3 is 2.61 bits per heavy atom. The van der Waals surface area contributed by atoms with Crippen LogP contribution in [0.3, 0.4) is 0 Å². The summed E-state index contributed by atoms with van der Waals surface area (Å²) in [5, 5.41) is 3.56. The average molecular weight is 248 g/mol. The molecule has 2 rings (SSSR count). The van der Waals surface area contributed by atoms with Crippen molar-refractivity contribution in [1.29, 1.82) is 0 Å². The van der Waals surface area contributed by atoms with Crippen LogP contribution in [0, 0.1) is 6.92 Å². The van der Waals surface area contributed by atoms with E-state index in [9.17, 15) is 0 Å². The van der Waals surface area contributed by atoms with Crippen molar-refractivity contribution < 1.29 is 0 Å². The second-order valence-electron chi connectivity index (χ2n) is 5.40. The highest BCUT2D eigenvalue weighted by Gasteiger charge is 2.29. The Labute approximate surface area is 110 Å². The van der Waals surface area contributed by atoms with Crippen LogP contribution >= 0.6 is 0 Å². The summed E-state index contributed by atoms with van der Waals surface area (Å²) in [4.78, 5) is 11.2. The van der Waals surface area contributed by atoms with Crippen LogP contribution in [0.1, 0.15) is 44.1 Å². The summed E-state index contributed by atoms with van der Waals surface area (Å²) < 4.78 is 0. The minimum atomic E-state index is 0.258.